The number of rotatable bonds is 6. The van der Waals surface area contributed by atoms with Gasteiger partial charge in [-0.1, -0.05) is 48.6 Å². The van der Waals surface area contributed by atoms with E-state index in [4.69, 9.17) is 4.74 Å². The zero-order valence-electron chi connectivity index (χ0n) is 13.4. The van der Waals surface area contributed by atoms with Crippen molar-refractivity contribution in [3.05, 3.63) is 83.4 Å². The van der Waals surface area contributed by atoms with Crippen LogP contribution in [0.5, 0.6) is 0 Å². The highest BCUT2D eigenvalue weighted by Gasteiger charge is 2.07. The minimum atomic E-state index is 0.557. The SMILES string of the molecule is C=C/C=C(/OCc1cccc(SC)c1)c1ccc(C)cc1C. The van der Waals surface area contributed by atoms with Gasteiger partial charge in [-0.15, -0.1) is 11.8 Å². The van der Waals surface area contributed by atoms with Gasteiger partial charge in [-0.2, -0.15) is 0 Å². The third-order valence-corrected chi connectivity index (χ3v) is 4.17. The molecule has 0 heterocycles. The number of hydrogen-bond donors (Lipinski definition) is 0. The number of ether oxygens (including phenoxy) is 1. The van der Waals surface area contributed by atoms with Gasteiger partial charge in [-0.05, 0) is 49.4 Å². The average Bonchev–Trinajstić information content (AvgIpc) is 2.52. The van der Waals surface area contributed by atoms with Crippen LogP contribution in [0.1, 0.15) is 22.3 Å². The van der Waals surface area contributed by atoms with Gasteiger partial charge in [0.05, 0.1) is 0 Å². The summed E-state index contributed by atoms with van der Waals surface area (Å²) in [4.78, 5) is 1.25. The van der Waals surface area contributed by atoms with E-state index in [2.05, 4.69) is 69.1 Å². The van der Waals surface area contributed by atoms with Crippen molar-refractivity contribution < 1.29 is 4.74 Å². The van der Waals surface area contributed by atoms with Crippen LogP contribution in [0.4, 0.5) is 0 Å². The topological polar surface area (TPSA) is 9.23 Å². The predicted octanol–water partition coefficient (Wildman–Crippen LogP) is 5.77. The first-order chi connectivity index (χ1) is 10.6. The van der Waals surface area contributed by atoms with Crippen molar-refractivity contribution >= 4 is 17.5 Å². The van der Waals surface area contributed by atoms with Gasteiger partial charge in [-0.25, -0.2) is 0 Å². The second-order valence-electron chi connectivity index (χ2n) is 5.23. The zero-order valence-corrected chi connectivity index (χ0v) is 14.2. The van der Waals surface area contributed by atoms with Crippen LogP contribution in [-0.2, 0) is 11.3 Å². The molecule has 0 atom stereocenters. The van der Waals surface area contributed by atoms with E-state index < -0.39 is 0 Å². The summed E-state index contributed by atoms with van der Waals surface area (Å²) in [7, 11) is 0. The number of thioether (sulfide) groups is 1. The standard InChI is InChI=1S/C20H22OS/c1-5-7-20(19-11-10-15(2)12-16(19)3)21-14-17-8-6-9-18(13-17)22-4/h5-13H,1,14H2,2-4H3/b20-7+. The summed E-state index contributed by atoms with van der Waals surface area (Å²) in [5, 5.41) is 0. The number of hydrogen-bond acceptors (Lipinski definition) is 2. The molecule has 0 saturated heterocycles. The Balaban J connectivity index is 2.19. The summed E-state index contributed by atoms with van der Waals surface area (Å²) in [5.41, 5.74) is 4.76. The van der Waals surface area contributed by atoms with Gasteiger partial charge in [0.2, 0.25) is 0 Å². The molecule has 0 amide bonds. The lowest BCUT2D eigenvalue weighted by atomic mass is 10.0. The molecular weight excluding hydrogens is 288 g/mol. The third-order valence-electron chi connectivity index (χ3n) is 3.45. The van der Waals surface area contributed by atoms with Crippen LogP contribution in [0.3, 0.4) is 0 Å². The fourth-order valence-corrected chi connectivity index (χ4v) is 2.82. The molecule has 0 aliphatic carbocycles. The van der Waals surface area contributed by atoms with Gasteiger partial charge in [0, 0.05) is 10.5 Å². The molecule has 0 bridgehead atoms. The second kappa shape index (κ2) is 7.90. The Morgan fingerprint density at radius 1 is 1.18 bits per heavy atom. The van der Waals surface area contributed by atoms with Crippen molar-refractivity contribution in [2.75, 3.05) is 6.26 Å². The molecule has 114 valence electrons. The van der Waals surface area contributed by atoms with Crippen LogP contribution >= 0.6 is 11.8 Å². The maximum absolute atomic E-state index is 6.06. The van der Waals surface area contributed by atoms with Gasteiger partial charge in [0.15, 0.2) is 0 Å². The molecule has 0 fully saturated rings. The lowest BCUT2D eigenvalue weighted by Gasteiger charge is -2.14. The lowest BCUT2D eigenvalue weighted by Crippen LogP contribution is -1.96. The van der Waals surface area contributed by atoms with Crippen molar-refractivity contribution in [3.8, 4) is 0 Å². The molecule has 2 aromatic carbocycles. The van der Waals surface area contributed by atoms with Crippen LogP contribution in [0.25, 0.3) is 5.76 Å². The molecule has 0 radical (unpaired) electrons. The number of aryl methyl sites for hydroxylation is 2. The molecule has 2 aromatic rings. The molecule has 22 heavy (non-hydrogen) atoms. The summed E-state index contributed by atoms with van der Waals surface area (Å²) in [6, 6.07) is 14.8. The van der Waals surface area contributed by atoms with Crippen LogP contribution in [0.2, 0.25) is 0 Å². The first-order valence-corrected chi connectivity index (χ1v) is 8.52. The highest BCUT2D eigenvalue weighted by molar-refractivity contribution is 7.98. The molecule has 0 aliphatic heterocycles. The van der Waals surface area contributed by atoms with Crippen molar-refractivity contribution in [2.45, 2.75) is 25.3 Å². The van der Waals surface area contributed by atoms with E-state index in [1.54, 1.807) is 17.8 Å². The number of allylic oxidation sites excluding steroid dienone is 2. The first-order valence-electron chi connectivity index (χ1n) is 7.30. The monoisotopic (exact) mass is 310 g/mol. The number of benzene rings is 2. The average molecular weight is 310 g/mol. The molecule has 0 N–H and O–H groups in total. The van der Waals surface area contributed by atoms with Gasteiger partial charge >= 0.3 is 0 Å². The van der Waals surface area contributed by atoms with E-state index in [1.807, 2.05) is 6.08 Å². The van der Waals surface area contributed by atoms with Crippen LogP contribution in [0, 0.1) is 13.8 Å². The van der Waals surface area contributed by atoms with E-state index in [0.29, 0.717) is 6.61 Å². The van der Waals surface area contributed by atoms with E-state index in [9.17, 15) is 0 Å². The summed E-state index contributed by atoms with van der Waals surface area (Å²) in [5.74, 6) is 0.863. The Kier molecular flexibility index (Phi) is 5.91. The van der Waals surface area contributed by atoms with Gasteiger partial charge < -0.3 is 4.74 Å². The quantitative estimate of drug-likeness (QED) is 0.380. The maximum atomic E-state index is 6.06. The molecular formula is C20H22OS. The van der Waals surface area contributed by atoms with Crippen molar-refractivity contribution in [1.82, 2.24) is 0 Å². The van der Waals surface area contributed by atoms with Crippen LogP contribution < -0.4 is 0 Å². The van der Waals surface area contributed by atoms with E-state index in [-0.39, 0.29) is 0 Å². The van der Waals surface area contributed by atoms with Crippen LogP contribution in [-0.4, -0.2) is 6.26 Å². The minimum Gasteiger partial charge on any atom is -0.488 e. The zero-order chi connectivity index (χ0) is 15.9. The molecule has 1 nitrogen and oxygen atoms in total. The van der Waals surface area contributed by atoms with Gasteiger partial charge in [-0.3, -0.25) is 0 Å². The Morgan fingerprint density at radius 2 is 2.00 bits per heavy atom. The van der Waals surface area contributed by atoms with E-state index in [0.717, 1.165) is 11.3 Å². The Labute approximate surface area is 137 Å². The largest absolute Gasteiger partial charge is 0.488 e. The Bertz CT molecular complexity index is 686. The van der Waals surface area contributed by atoms with E-state index in [1.165, 1.54) is 21.6 Å². The predicted molar refractivity (Wildman–Crippen MR) is 97.1 cm³/mol. The summed E-state index contributed by atoms with van der Waals surface area (Å²) >= 11 is 1.74. The van der Waals surface area contributed by atoms with Crippen molar-refractivity contribution in [2.24, 2.45) is 0 Å². The summed E-state index contributed by atoms with van der Waals surface area (Å²) in [6.45, 7) is 8.56. The van der Waals surface area contributed by atoms with Crippen LogP contribution in [0.15, 0.2) is 66.1 Å². The smallest absolute Gasteiger partial charge is 0.127 e. The molecule has 0 saturated carbocycles. The van der Waals surface area contributed by atoms with Gasteiger partial charge in [0.25, 0.3) is 0 Å². The molecule has 0 aromatic heterocycles. The lowest BCUT2D eigenvalue weighted by molar-refractivity contribution is 0.264. The maximum Gasteiger partial charge on any atom is 0.127 e. The normalized spacial score (nSPS) is 11.3. The fourth-order valence-electron chi connectivity index (χ4n) is 2.34. The molecule has 0 spiro atoms. The summed E-state index contributed by atoms with van der Waals surface area (Å²) < 4.78 is 6.06. The Hall–Kier alpha value is -1.93. The van der Waals surface area contributed by atoms with Crippen molar-refractivity contribution in [3.63, 3.8) is 0 Å². The highest BCUT2D eigenvalue weighted by Crippen LogP contribution is 2.24. The third kappa shape index (κ3) is 4.28. The molecule has 2 heteroatoms. The molecule has 0 unspecified atom stereocenters. The molecule has 2 rings (SSSR count). The van der Waals surface area contributed by atoms with Crippen molar-refractivity contribution in [1.29, 1.82) is 0 Å². The summed E-state index contributed by atoms with van der Waals surface area (Å²) in [6.07, 6.45) is 5.78. The fraction of sp³-hybridized carbons (Fsp3) is 0.200. The van der Waals surface area contributed by atoms with E-state index >= 15 is 0 Å². The highest BCUT2D eigenvalue weighted by atomic mass is 32.2. The van der Waals surface area contributed by atoms with Gasteiger partial charge in [0.1, 0.15) is 12.4 Å². The Morgan fingerprint density at radius 3 is 2.68 bits per heavy atom. The first kappa shape index (κ1) is 16.4. The second-order valence-corrected chi connectivity index (χ2v) is 6.10. The molecule has 0 aliphatic rings. The minimum absolute atomic E-state index is 0.557.